The highest BCUT2D eigenvalue weighted by Gasteiger charge is 2.27. The first-order valence-corrected chi connectivity index (χ1v) is 8.25. The molecule has 1 aliphatic rings. The smallest absolute Gasteiger partial charge is 0.276 e. The van der Waals surface area contributed by atoms with E-state index in [0.717, 1.165) is 11.3 Å². The van der Waals surface area contributed by atoms with Crippen molar-refractivity contribution in [2.75, 3.05) is 19.7 Å². The van der Waals surface area contributed by atoms with Crippen molar-refractivity contribution in [1.82, 2.24) is 19.9 Å². The molecular weight excluding hydrogens is 316 g/mol. The number of morpholine rings is 1. The van der Waals surface area contributed by atoms with Gasteiger partial charge >= 0.3 is 0 Å². The van der Waals surface area contributed by atoms with Crippen LogP contribution in [0.4, 0.5) is 0 Å². The molecule has 0 bridgehead atoms. The molecule has 4 rings (SSSR count). The normalized spacial score (nSPS) is 17.4. The number of carbonyl (C=O) groups excluding carboxylic acids is 1. The van der Waals surface area contributed by atoms with E-state index in [1.54, 1.807) is 4.90 Å². The maximum atomic E-state index is 12.8. The highest BCUT2D eigenvalue weighted by atomic mass is 16.5. The van der Waals surface area contributed by atoms with Gasteiger partial charge in [-0.05, 0) is 17.7 Å². The molecule has 0 saturated carbocycles. The summed E-state index contributed by atoms with van der Waals surface area (Å²) in [5, 5.41) is 8.53. The van der Waals surface area contributed by atoms with Gasteiger partial charge in [-0.2, -0.15) is 9.90 Å². The van der Waals surface area contributed by atoms with Gasteiger partial charge < -0.3 is 9.64 Å². The van der Waals surface area contributed by atoms with E-state index >= 15 is 0 Å². The summed E-state index contributed by atoms with van der Waals surface area (Å²) in [5.41, 5.74) is 2.25. The van der Waals surface area contributed by atoms with Gasteiger partial charge in [0.1, 0.15) is 6.10 Å². The Balaban J connectivity index is 1.50. The Morgan fingerprint density at radius 2 is 1.76 bits per heavy atom. The quantitative estimate of drug-likeness (QED) is 0.738. The van der Waals surface area contributed by atoms with Gasteiger partial charge in [0, 0.05) is 6.54 Å². The fourth-order valence-corrected chi connectivity index (χ4v) is 2.91. The zero-order chi connectivity index (χ0) is 17.1. The predicted octanol–water partition coefficient (Wildman–Crippen LogP) is 2.48. The molecule has 1 aromatic heterocycles. The molecule has 1 amide bonds. The second-order valence-corrected chi connectivity index (χ2v) is 5.88. The van der Waals surface area contributed by atoms with E-state index < -0.39 is 0 Å². The second kappa shape index (κ2) is 6.86. The highest BCUT2D eigenvalue weighted by molar-refractivity contribution is 5.92. The predicted molar refractivity (Wildman–Crippen MR) is 92.4 cm³/mol. The van der Waals surface area contributed by atoms with Crippen molar-refractivity contribution in [3.05, 3.63) is 78.1 Å². The molecular formula is C19H18N4O2. The Morgan fingerprint density at radius 1 is 1.04 bits per heavy atom. The number of para-hydroxylation sites is 1. The van der Waals surface area contributed by atoms with Crippen LogP contribution in [0.2, 0.25) is 0 Å². The fraction of sp³-hybridized carbons (Fsp3) is 0.211. The molecule has 0 spiro atoms. The topological polar surface area (TPSA) is 60.2 Å². The minimum atomic E-state index is -0.119. The minimum absolute atomic E-state index is 0.108. The van der Waals surface area contributed by atoms with Crippen LogP contribution in [-0.2, 0) is 4.74 Å². The fourth-order valence-electron chi connectivity index (χ4n) is 2.91. The van der Waals surface area contributed by atoms with E-state index in [1.807, 2.05) is 60.7 Å². The van der Waals surface area contributed by atoms with Crippen molar-refractivity contribution in [1.29, 1.82) is 0 Å². The lowest BCUT2D eigenvalue weighted by atomic mass is 10.1. The molecule has 3 aromatic rings. The molecule has 0 radical (unpaired) electrons. The first kappa shape index (κ1) is 15.5. The average molecular weight is 334 g/mol. The number of amides is 1. The van der Waals surface area contributed by atoms with Gasteiger partial charge in [-0.3, -0.25) is 4.79 Å². The van der Waals surface area contributed by atoms with Crippen molar-refractivity contribution < 1.29 is 9.53 Å². The Bertz CT molecular complexity index is 848. The van der Waals surface area contributed by atoms with Crippen LogP contribution in [0.15, 0.2) is 66.9 Å². The largest absolute Gasteiger partial charge is 0.370 e. The highest BCUT2D eigenvalue weighted by Crippen LogP contribution is 2.22. The van der Waals surface area contributed by atoms with Crippen LogP contribution < -0.4 is 0 Å². The Labute approximate surface area is 145 Å². The van der Waals surface area contributed by atoms with Crippen LogP contribution in [0.3, 0.4) is 0 Å². The van der Waals surface area contributed by atoms with E-state index in [-0.39, 0.29) is 12.0 Å². The van der Waals surface area contributed by atoms with E-state index in [1.165, 1.54) is 11.0 Å². The van der Waals surface area contributed by atoms with Crippen molar-refractivity contribution in [3.63, 3.8) is 0 Å². The maximum absolute atomic E-state index is 12.8. The summed E-state index contributed by atoms with van der Waals surface area (Å²) in [4.78, 5) is 16.0. The number of aromatic nitrogens is 3. The van der Waals surface area contributed by atoms with E-state index in [4.69, 9.17) is 4.74 Å². The number of carbonyl (C=O) groups is 1. The number of hydrogen-bond donors (Lipinski definition) is 0. The molecule has 6 nitrogen and oxygen atoms in total. The lowest BCUT2D eigenvalue weighted by molar-refractivity contribution is -0.0230. The summed E-state index contributed by atoms with van der Waals surface area (Å²) in [6.45, 7) is 1.58. The van der Waals surface area contributed by atoms with Crippen LogP contribution in [0.5, 0.6) is 0 Å². The molecule has 0 aliphatic carbocycles. The molecule has 1 aliphatic heterocycles. The number of hydrogen-bond acceptors (Lipinski definition) is 4. The average Bonchev–Trinajstić information content (AvgIpc) is 3.19. The van der Waals surface area contributed by atoms with Crippen molar-refractivity contribution in [2.24, 2.45) is 0 Å². The van der Waals surface area contributed by atoms with Crippen molar-refractivity contribution >= 4 is 5.91 Å². The van der Waals surface area contributed by atoms with Crippen LogP contribution in [-0.4, -0.2) is 45.5 Å². The van der Waals surface area contributed by atoms with Gasteiger partial charge in [0.15, 0.2) is 5.69 Å². The summed E-state index contributed by atoms with van der Waals surface area (Å²) >= 11 is 0. The summed E-state index contributed by atoms with van der Waals surface area (Å²) in [6.07, 6.45) is 1.41. The molecule has 25 heavy (non-hydrogen) atoms. The van der Waals surface area contributed by atoms with Crippen molar-refractivity contribution in [3.8, 4) is 5.69 Å². The Hall–Kier alpha value is -2.99. The van der Waals surface area contributed by atoms with Crippen LogP contribution in [0.1, 0.15) is 22.2 Å². The summed E-state index contributed by atoms with van der Waals surface area (Å²) in [5.74, 6) is -0.119. The monoisotopic (exact) mass is 334 g/mol. The summed E-state index contributed by atoms with van der Waals surface area (Å²) in [7, 11) is 0. The third-order valence-electron chi connectivity index (χ3n) is 4.22. The molecule has 1 saturated heterocycles. The van der Waals surface area contributed by atoms with E-state index in [0.29, 0.717) is 25.4 Å². The van der Waals surface area contributed by atoms with Crippen molar-refractivity contribution in [2.45, 2.75) is 6.10 Å². The molecule has 0 N–H and O–H groups in total. The lowest BCUT2D eigenvalue weighted by Gasteiger charge is -2.32. The standard InChI is InChI=1S/C19H18N4O2/c24-19(17-13-20-23(21-17)16-9-5-2-6-10-16)22-11-12-25-18(14-22)15-7-3-1-4-8-15/h1-10,13,18H,11-12,14H2. The molecule has 1 unspecified atom stereocenters. The summed E-state index contributed by atoms with van der Waals surface area (Å²) in [6, 6.07) is 19.5. The van der Waals surface area contributed by atoms with Crippen LogP contribution >= 0.6 is 0 Å². The zero-order valence-corrected chi connectivity index (χ0v) is 13.7. The third kappa shape index (κ3) is 3.29. The molecule has 2 aromatic carbocycles. The minimum Gasteiger partial charge on any atom is -0.370 e. The molecule has 2 heterocycles. The van der Waals surface area contributed by atoms with Crippen LogP contribution in [0, 0.1) is 0 Å². The first-order valence-electron chi connectivity index (χ1n) is 8.25. The Kier molecular flexibility index (Phi) is 4.26. The maximum Gasteiger partial charge on any atom is 0.276 e. The van der Waals surface area contributed by atoms with Gasteiger partial charge in [0.2, 0.25) is 0 Å². The second-order valence-electron chi connectivity index (χ2n) is 5.88. The molecule has 6 heteroatoms. The SMILES string of the molecule is O=C(c1cnn(-c2ccccc2)n1)N1CCOC(c2ccccc2)C1. The molecule has 126 valence electrons. The van der Waals surface area contributed by atoms with Gasteiger partial charge in [-0.15, -0.1) is 5.10 Å². The molecule has 1 fully saturated rings. The number of ether oxygens (including phenoxy) is 1. The number of nitrogens with zero attached hydrogens (tertiary/aromatic N) is 4. The molecule has 1 atom stereocenters. The van der Waals surface area contributed by atoms with E-state index in [2.05, 4.69) is 10.2 Å². The third-order valence-corrected chi connectivity index (χ3v) is 4.22. The Morgan fingerprint density at radius 3 is 2.52 bits per heavy atom. The van der Waals surface area contributed by atoms with Gasteiger partial charge in [0.25, 0.3) is 5.91 Å². The van der Waals surface area contributed by atoms with Gasteiger partial charge in [0.05, 0.1) is 25.0 Å². The number of benzene rings is 2. The van der Waals surface area contributed by atoms with Crippen LogP contribution in [0.25, 0.3) is 5.69 Å². The van der Waals surface area contributed by atoms with Gasteiger partial charge in [-0.25, -0.2) is 0 Å². The zero-order valence-electron chi connectivity index (χ0n) is 13.7. The lowest BCUT2D eigenvalue weighted by Crippen LogP contribution is -2.42. The summed E-state index contributed by atoms with van der Waals surface area (Å²) < 4.78 is 5.82. The number of rotatable bonds is 3. The van der Waals surface area contributed by atoms with Gasteiger partial charge in [-0.1, -0.05) is 48.5 Å². The van der Waals surface area contributed by atoms with E-state index in [9.17, 15) is 4.79 Å². The first-order chi connectivity index (χ1) is 12.3.